The molecule has 0 aliphatic carbocycles. The second-order valence-corrected chi connectivity index (χ2v) is 5.19. The van der Waals surface area contributed by atoms with Gasteiger partial charge < -0.3 is 13.7 Å². The summed E-state index contributed by atoms with van der Waals surface area (Å²) in [4.78, 5) is 34.4. The zero-order chi connectivity index (χ0) is 13.7. The first-order valence-electron chi connectivity index (χ1n) is 5.97. The normalized spacial score (nSPS) is 32.7. The van der Waals surface area contributed by atoms with Crippen molar-refractivity contribution in [1.82, 2.24) is 0 Å². The Morgan fingerprint density at radius 1 is 1.16 bits per heavy atom. The fourth-order valence-electron chi connectivity index (χ4n) is 3.01. The highest BCUT2D eigenvalue weighted by molar-refractivity contribution is 6.80. The summed E-state index contributed by atoms with van der Waals surface area (Å²) in [5, 5.41) is 0. The number of benzene rings is 1. The van der Waals surface area contributed by atoms with Crippen molar-refractivity contribution < 1.29 is 28.1 Å². The SMILES string of the molecule is C[N+]12CC(=O)O[B-]1(c1ccccc1C=O)OC(=O)C2. The number of nitrogens with zero attached hydrogens (tertiary/aromatic N) is 1. The quantitative estimate of drug-likeness (QED) is 0.515. The summed E-state index contributed by atoms with van der Waals surface area (Å²) in [5.74, 6) is -0.841. The van der Waals surface area contributed by atoms with Crippen molar-refractivity contribution in [2.24, 2.45) is 0 Å². The third-order valence-corrected chi connectivity index (χ3v) is 3.90. The predicted molar refractivity (Wildman–Crippen MR) is 65.3 cm³/mol. The van der Waals surface area contributed by atoms with Gasteiger partial charge in [-0.25, -0.2) is 0 Å². The third-order valence-electron chi connectivity index (χ3n) is 3.90. The molecule has 0 N–H and O–H groups in total. The molecule has 0 saturated carbocycles. The topological polar surface area (TPSA) is 69.7 Å². The van der Waals surface area contributed by atoms with E-state index in [4.69, 9.17) is 9.31 Å². The van der Waals surface area contributed by atoms with E-state index in [2.05, 4.69) is 0 Å². The highest BCUT2D eigenvalue weighted by atomic mass is 16.7. The largest absolute Gasteiger partial charge is 0.615 e. The maximum Gasteiger partial charge on any atom is 0.615 e. The van der Waals surface area contributed by atoms with Gasteiger partial charge in [0.15, 0.2) is 0 Å². The number of hydrogen-bond donors (Lipinski definition) is 0. The van der Waals surface area contributed by atoms with Crippen LogP contribution in [-0.4, -0.2) is 49.4 Å². The fraction of sp³-hybridized carbons (Fsp3) is 0.250. The maximum atomic E-state index is 11.6. The molecule has 2 saturated heterocycles. The van der Waals surface area contributed by atoms with E-state index in [1.807, 2.05) is 0 Å². The maximum absolute atomic E-state index is 11.6. The number of hydrogen-bond acceptors (Lipinski definition) is 5. The summed E-state index contributed by atoms with van der Waals surface area (Å²) < 4.78 is 10.8. The molecule has 6 nitrogen and oxygen atoms in total. The van der Waals surface area contributed by atoms with Crippen LogP contribution < -0.4 is 5.46 Å². The lowest BCUT2D eigenvalue weighted by Gasteiger charge is -2.40. The Labute approximate surface area is 109 Å². The second kappa shape index (κ2) is 3.67. The van der Waals surface area contributed by atoms with Crippen LogP contribution in [0.4, 0.5) is 0 Å². The van der Waals surface area contributed by atoms with Gasteiger partial charge in [0.1, 0.15) is 19.4 Å². The number of carbonyl (C=O) groups is 3. The molecule has 2 aliphatic rings. The second-order valence-electron chi connectivity index (χ2n) is 5.19. The molecular weight excluding hydrogens is 249 g/mol. The van der Waals surface area contributed by atoms with Gasteiger partial charge in [-0.2, -0.15) is 0 Å². The molecule has 2 fully saturated rings. The van der Waals surface area contributed by atoms with Crippen molar-refractivity contribution in [3.8, 4) is 0 Å². The zero-order valence-electron chi connectivity index (χ0n) is 10.4. The average molecular weight is 261 g/mol. The molecule has 1 aromatic rings. The highest BCUT2D eigenvalue weighted by Gasteiger charge is 2.66. The van der Waals surface area contributed by atoms with Gasteiger partial charge in [0.25, 0.3) is 0 Å². The van der Waals surface area contributed by atoms with Crippen molar-refractivity contribution in [3.63, 3.8) is 0 Å². The molecule has 0 amide bonds. The Kier molecular flexibility index (Phi) is 2.31. The molecule has 0 atom stereocenters. The minimum absolute atomic E-state index is 0.0442. The van der Waals surface area contributed by atoms with Crippen molar-refractivity contribution >= 4 is 30.4 Å². The summed E-state index contributed by atoms with van der Waals surface area (Å²) in [6, 6.07) is 6.71. The minimum atomic E-state index is -2.31. The number of fused-ring (bicyclic) bond motifs is 1. The molecule has 1 aromatic carbocycles. The predicted octanol–water partition coefficient (Wildman–Crippen LogP) is -0.795. The molecule has 0 bridgehead atoms. The smallest absolute Gasteiger partial charge is 0.596 e. The van der Waals surface area contributed by atoms with Crippen LogP contribution in [0.2, 0.25) is 0 Å². The monoisotopic (exact) mass is 261 g/mol. The van der Waals surface area contributed by atoms with E-state index in [0.717, 1.165) is 0 Å². The minimum Gasteiger partial charge on any atom is -0.596 e. The van der Waals surface area contributed by atoms with Gasteiger partial charge in [0.05, 0.1) is 0 Å². The molecule has 0 spiro atoms. The van der Waals surface area contributed by atoms with E-state index in [1.165, 1.54) is 0 Å². The summed E-state index contributed by atoms with van der Waals surface area (Å²) in [6.07, 6.45) is 0.675. The molecule has 0 radical (unpaired) electrons. The molecule has 2 heterocycles. The number of aldehydes is 1. The van der Waals surface area contributed by atoms with E-state index in [0.29, 0.717) is 17.3 Å². The van der Waals surface area contributed by atoms with Gasteiger partial charge in [-0.3, -0.25) is 14.4 Å². The number of rotatable bonds is 2. The van der Waals surface area contributed by atoms with E-state index in [1.54, 1.807) is 31.3 Å². The van der Waals surface area contributed by atoms with Gasteiger partial charge in [-0.05, 0) is 11.0 Å². The molecular formula is C12H12BNO5. The molecule has 2 aliphatic heterocycles. The first-order chi connectivity index (χ1) is 9.01. The Morgan fingerprint density at radius 3 is 2.32 bits per heavy atom. The lowest BCUT2D eigenvalue weighted by atomic mass is 9.59. The molecule has 7 heteroatoms. The van der Waals surface area contributed by atoms with Gasteiger partial charge >= 0.3 is 18.6 Å². The number of carbonyl (C=O) groups excluding carboxylic acids is 3. The first-order valence-corrected chi connectivity index (χ1v) is 5.97. The van der Waals surface area contributed by atoms with E-state index >= 15 is 0 Å². The summed E-state index contributed by atoms with van der Waals surface area (Å²) in [7, 11) is 1.73. The van der Waals surface area contributed by atoms with Crippen molar-refractivity contribution in [2.45, 2.75) is 0 Å². The molecule has 98 valence electrons. The van der Waals surface area contributed by atoms with Gasteiger partial charge in [0, 0.05) is 7.05 Å². The Hall–Kier alpha value is -2.15. The van der Waals surface area contributed by atoms with Gasteiger partial charge in [-0.1, -0.05) is 24.3 Å². The van der Waals surface area contributed by atoms with E-state index < -0.39 is 18.6 Å². The number of likely N-dealkylation sites (N-methyl/N-ethyl adjacent to an activating group) is 1. The van der Waals surface area contributed by atoms with Crippen molar-refractivity contribution in [3.05, 3.63) is 29.8 Å². The lowest BCUT2D eigenvalue weighted by Crippen LogP contribution is -2.68. The molecule has 0 unspecified atom stereocenters. The Balaban J connectivity index is 2.22. The number of quaternary nitrogens is 1. The molecule has 19 heavy (non-hydrogen) atoms. The summed E-state index contributed by atoms with van der Waals surface area (Å²) in [5.41, 5.74) is 0.841. The fourth-order valence-corrected chi connectivity index (χ4v) is 3.01. The average Bonchev–Trinajstić information content (AvgIpc) is 2.73. The summed E-state index contributed by atoms with van der Waals surface area (Å²) in [6.45, 7) is -2.18. The lowest BCUT2D eigenvalue weighted by molar-refractivity contribution is -0.791. The Morgan fingerprint density at radius 2 is 1.74 bits per heavy atom. The van der Waals surface area contributed by atoms with Crippen molar-refractivity contribution in [1.29, 1.82) is 0 Å². The highest BCUT2D eigenvalue weighted by Crippen LogP contribution is 2.33. The van der Waals surface area contributed by atoms with E-state index in [9.17, 15) is 14.4 Å². The van der Waals surface area contributed by atoms with Crippen LogP contribution in [0.15, 0.2) is 24.3 Å². The van der Waals surface area contributed by atoms with Crippen LogP contribution >= 0.6 is 0 Å². The summed E-state index contributed by atoms with van der Waals surface area (Å²) >= 11 is 0. The zero-order valence-corrected chi connectivity index (χ0v) is 10.4. The van der Waals surface area contributed by atoms with Crippen LogP contribution in [0.25, 0.3) is 0 Å². The van der Waals surface area contributed by atoms with E-state index in [-0.39, 0.29) is 17.5 Å². The van der Waals surface area contributed by atoms with Crippen molar-refractivity contribution in [2.75, 3.05) is 20.1 Å². The van der Waals surface area contributed by atoms with Crippen LogP contribution in [0.1, 0.15) is 10.4 Å². The first kappa shape index (κ1) is 11.9. The van der Waals surface area contributed by atoms with Crippen LogP contribution in [0.5, 0.6) is 0 Å². The van der Waals surface area contributed by atoms with Crippen LogP contribution in [-0.2, 0) is 18.9 Å². The molecule has 0 aromatic heterocycles. The molecule has 3 rings (SSSR count). The van der Waals surface area contributed by atoms with Gasteiger partial charge in [0.2, 0.25) is 0 Å². The standard InChI is InChI=1S/C12H12BNO5/c1-14-6-11(16)18-13(14,19-12(17)7-14)10-5-3-2-4-9(10)8-15/h2-5,8H,6-7H2,1H3. The van der Waals surface area contributed by atoms with Crippen LogP contribution in [0, 0.1) is 0 Å². The van der Waals surface area contributed by atoms with Gasteiger partial charge in [-0.15, -0.1) is 0 Å². The van der Waals surface area contributed by atoms with Crippen LogP contribution in [0.3, 0.4) is 0 Å². The Bertz CT molecular complexity index is 580. The third kappa shape index (κ3) is 1.45.